The fourth-order valence-corrected chi connectivity index (χ4v) is 2.96. The number of carbonyl (C=O) groups excluding carboxylic acids is 1. The molecule has 0 atom stereocenters. The Balaban J connectivity index is 1.83. The maximum absolute atomic E-state index is 13.2. The third kappa shape index (κ3) is 5.28. The van der Waals surface area contributed by atoms with Crippen molar-refractivity contribution in [1.82, 2.24) is 0 Å². The molecule has 3 rings (SSSR count). The molecule has 0 radical (unpaired) electrons. The molecule has 0 aromatic heterocycles. The van der Waals surface area contributed by atoms with Gasteiger partial charge in [-0.25, -0.2) is 0 Å². The van der Waals surface area contributed by atoms with Crippen molar-refractivity contribution in [2.45, 2.75) is 12.8 Å². The molecule has 3 aromatic carbocycles. The van der Waals surface area contributed by atoms with Crippen molar-refractivity contribution in [1.29, 1.82) is 0 Å². The maximum Gasteiger partial charge on any atom is 0.418 e. The second kappa shape index (κ2) is 9.42. The highest BCUT2D eigenvalue weighted by atomic mass is 19.4. The fraction of sp³-hybridized carbons (Fsp3) is 0.174. The van der Waals surface area contributed by atoms with Crippen molar-refractivity contribution in [3.63, 3.8) is 0 Å². The first-order chi connectivity index (χ1) is 14.8. The van der Waals surface area contributed by atoms with Gasteiger partial charge in [-0.3, -0.25) is 4.79 Å². The van der Waals surface area contributed by atoms with Crippen LogP contribution in [-0.2, 0) is 12.8 Å². The molecule has 1 amide bonds. The van der Waals surface area contributed by atoms with E-state index in [1.54, 1.807) is 30.3 Å². The number of halogens is 3. The van der Waals surface area contributed by atoms with Crippen LogP contribution in [0.25, 0.3) is 0 Å². The van der Waals surface area contributed by atoms with Gasteiger partial charge in [0.15, 0.2) is 11.5 Å². The lowest BCUT2D eigenvalue weighted by molar-refractivity contribution is -0.136. The number of ether oxygens (including phenoxy) is 3. The summed E-state index contributed by atoms with van der Waals surface area (Å²) in [5.41, 5.74) is -0.527. The molecule has 0 fully saturated rings. The highest BCUT2D eigenvalue weighted by Gasteiger charge is 2.33. The molecular formula is C23H20F3NO4. The Morgan fingerprint density at radius 2 is 1.52 bits per heavy atom. The second-order valence-corrected chi connectivity index (χ2v) is 6.46. The first kappa shape index (κ1) is 22.0. The summed E-state index contributed by atoms with van der Waals surface area (Å²) in [6.07, 6.45) is -4.59. The SMILES string of the molecule is COc1ccc(C(=O)Nc2ccccc2C(F)(F)F)cc1COc1ccccc1OC. The van der Waals surface area contributed by atoms with E-state index in [-0.39, 0.29) is 17.9 Å². The van der Waals surface area contributed by atoms with Gasteiger partial charge in [0.1, 0.15) is 12.4 Å². The van der Waals surface area contributed by atoms with E-state index in [1.807, 2.05) is 0 Å². The lowest BCUT2D eigenvalue weighted by atomic mass is 10.1. The molecule has 162 valence electrons. The topological polar surface area (TPSA) is 56.8 Å². The Kier molecular flexibility index (Phi) is 6.69. The molecule has 31 heavy (non-hydrogen) atoms. The molecule has 5 nitrogen and oxygen atoms in total. The quantitative estimate of drug-likeness (QED) is 0.533. The van der Waals surface area contributed by atoms with E-state index in [9.17, 15) is 18.0 Å². The summed E-state index contributed by atoms with van der Waals surface area (Å²) in [5.74, 6) is 0.833. The number of nitrogens with one attached hydrogen (secondary N) is 1. The van der Waals surface area contributed by atoms with E-state index in [0.717, 1.165) is 6.07 Å². The van der Waals surface area contributed by atoms with E-state index in [2.05, 4.69) is 5.32 Å². The zero-order chi connectivity index (χ0) is 22.4. The van der Waals surface area contributed by atoms with Gasteiger partial charge < -0.3 is 19.5 Å². The number of methoxy groups -OCH3 is 2. The molecule has 0 bridgehead atoms. The minimum absolute atomic E-state index is 0.0593. The zero-order valence-electron chi connectivity index (χ0n) is 16.8. The Hall–Kier alpha value is -3.68. The molecule has 0 saturated heterocycles. The molecule has 0 spiro atoms. The summed E-state index contributed by atoms with van der Waals surface area (Å²) in [4.78, 5) is 12.6. The summed E-state index contributed by atoms with van der Waals surface area (Å²) >= 11 is 0. The number of hydrogen-bond donors (Lipinski definition) is 1. The summed E-state index contributed by atoms with van der Waals surface area (Å²) in [7, 11) is 2.99. The predicted molar refractivity (Wildman–Crippen MR) is 110 cm³/mol. The summed E-state index contributed by atoms with van der Waals surface area (Å²) in [6, 6.07) is 16.4. The molecule has 0 heterocycles. The molecule has 0 unspecified atom stereocenters. The minimum atomic E-state index is -4.59. The van der Waals surface area contributed by atoms with Crippen LogP contribution in [-0.4, -0.2) is 20.1 Å². The summed E-state index contributed by atoms with van der Waals surface area (Å²) < 4.78 is 55.9. The summed E-state index contributed by atoms with van der Waals surface area (Å²) in [5, 5.41) is 2.33. The van der Waals surface area contributed by atoms with Crippen LogP contribution in [0, 0.1) is 0 Å². The van der Waals surface area contributed by atoms with Gasteiger partial charge in [0.25, 0.3) is 5.91 Å². The molecule has 8 heteroatoms. The van der Waals surface area contributed by atoms with Crippen LogP contribution in [0.1, 0.15) is 21.5 Å². The van der Waals surface area contributed by atoms with Crippen LogP contribution < -0.4 is 19.5 Å². The van der Waals surface area contributed by atoms with Gasteiger partial charge in [-0.15, -0.1) is 0 Å². The molecule has 0 aliphatic rings. The van der Waals surface area contributed by atoms with Crippen molar-refractivity contribution in [3.05, 3.63) is 83.4 Å². The van der Waals surface area contributed by atoms with E-state index in [1.165, 1.54) is 44.6 Å². The van der Waals surface area contributed by atoms with Crippen molar-refractivity contribution < 1.29 is 32.2 Å². The first-order valence-electron chi connectivity index (χ1n) is 9.23. The van der Waals surface area contributed by atoms with Crippen molar-refractivity contribution in [2.75, 3.05) is 19.5 Å². The van der Waals surface area contributed by atoms with Crippen LogP contribution >= 0.6 is 0 Å². The largest absolute Gasteiger partial charge is 0.496 e. The third-order valence-corrected chi connectivity index (χ3v) is 4.48. The van der Waals surface area contributed by atoms with Crippen molar-refractivity contribution in [2.24, 2.45) is 0 Å². The molecule has 0 aliphatic carbocycles. The summed E-state index contributed by atoms with van der Waals surface area (Å²) in [6.45, 7) is 0.0593. The van der Waals surface area contributed by atoms with Crippen molar-refractivity contribution >= 4 is 11.6 Å². The monoisotopic (exact) mass is 431 g/mol. The van der Waals surface area contributed by atoms with Gasteiger partial charge in [0, 0.05) is 11.1 Å². The highest BCUT2D eigenvalue weighted by Crippen LogP contribution is 2.35. The second-order valence-electron chi connectivity index (χ2n) is 6.46. The van der Waals surface area contributed by atoms with Crippen LogP contribution in [0.5, 0.6) is 17.2 Å². The number of para-hydroxylation sites is 3. The molecule has 3 aromatic rings. The van der Waals surface area contributed by atoms with Gasteiger partial charge >= 0.3 is 6.18 Å². The third-order valence-electron chi connectivity index (χ3n) is 4.48. The number of carbonyl (C=O) groups is 1. The van der Waals surface area contributed by atoms with Gasteiger partial charge in [0.2, 0.25) is 0 Å². The molecule has 0 saturated carbocycles. The van der Waals surface area contributed by atoms with Gasteiger partial charge in [-0.2, -0.15) is 13.2 Å². The van der Waals surface area contributed by atoms with E-state index < -0.39 is 17.6 Å². The Bertz CT molecular complexity index is 1070. The zero-order valence-corrected chi connectivity index (χ0v) is 16.8. The number of rotatable bonds is 7. The number of alkyl halides is 3. The van der Waals surface area contributed by atoms with Crippen LogP contribution in [0.2, 0.25) is 0 Å². The standard InChI is InChI=1S/C23H20F3NO4/c1-29-19-12-11-15(13-16(19)14-31-21-10-6-5-9-20(21)30-2)22(28)27-18-8-4-3-7-17(18)23(24,25)26/h3-13H,14H2,1-2H3,(H,27,28). The van der Waals surface area contributed by atoms with E-state index in [4.69, 9.17) is 14.2 Å². The number of benzene rings is 3. The van der Waals surface area contributed by atoms with E-state index in [0.29, 0.717) is 22.8 Å². The first-order valence-corrected chi connectivity index (χ1v) is 9.23. The van der Waals surface area contributed by atoms with Crippen LogP contribution in [0.4, 0.5) is 18.9 Å². The van der Waals surface area contributed by atoms with Gasteiger partial charge in [-0.05, 0) is 42.5 Å². The normalized spacial score (nSPS) is 11.0. The highest BCUT2D eigenvalue weighted by molar-refractivity contribution is 6.05. The molecular weight excluding hydrogens is 411 g/mol. The van der Waals surface area contributed by atoms with Crippen molar-refractivity contribution in [3.8, 4) is 17.2 Å². The molecule has 0 aliphatic heterocycles. The van der Waals surface area contributed by atoms with Crippen LogP contribution in [0.3, 0.4) is 0 Å². The Morgan fingerprint density at radius 1 is 0.871 bits per heavy atom. The average molecular weight is 431 g/mol. The number of anilines is 1. The fourth-order valence-electron chi connectivity index (χ4n) is 2.96. The van der Waals surface area contributed by atoms with Crippen LogP contribution in [0.15, 0.2) is 66.7 Å². The Labute approximate surface area is 177 Å². The smallest absolute Gasteiger partial charge is 0.418 e. The van der Waals surface area contributed by atoms with Gasteiger partial charge in [-0.1, -0.05) is 24.3 Å². The Morgan fingerprint density at radius 3 is 2.19 bits per heavy atom. The van der Waals surface area contributed by atoms with E-state index >= 15 is 0 Å². The molecule has 1 N–H and O–H groups in total. The minimum Gasteiger partial charge on any atom is -0.496 e. The lowest BCUT2D eigenvalue weighted by Crippen LogP contribution is -2.17. The maximum atomic E-state index is 13.2. The van der Waals surface area contributed by atoms with Gasteiger partial charge in [0.05, 0.1) is 25.5 Å². The number of hydrogen-bond acceptors (Lipinski definition) is 4. The average Bonchev–Trinajstić information content (AvgIpc) is 2.77. The predicted octanol–water partition coefficient (Wildman–Crippen LogP) is 5.55. The number of amides is 1. The lowest BCUT2D eigenvalue weighted by Gasteiger charge is -2.15.